The maximum absolute atomic E-state index is 13.0. The second kappa shape index (κ2) is 9.61. The van der Waals surface area contributed by atoms with Crippen LogP contribution in [-0.2, 0) is 21.4 Å². The first kappa shape index (κ1) is 22.8. The second-order valence-electron chi connectivity index (χ2n) is 8.05. The van der Waals surface area contributed by atoms with Gasteiger partial charge in [0.1, 0.15) is 11.8 Å². The molecule has 0 aliphatic carbocycles. The van der Waals surface area contributed by atoms with Crippen LogP contribution in [0.4, 0.5) is 0 Å². The Morgan fingerprint density at radius 1 is 1.09 bits per heavy atom. The molecule has 1 aliphatic rings. The molecule has 3 aromatic carbocycles. The molecule has 1 saturated heterocycles. The zero-order chi connectivity index (χ0) is 23.4. The average molecular weight is 464 g/mol. The van der Waals surface area contributed by atoms with Crippen LogP contribution in [0.2, 0.25) is 0 Å². The minimum atomic E-state index is -3.76. The monoisotopic (exact) mass is 463 g/mol. The molecule has 0 aromatic heterocycles. The Kier molecular flexibility index (Phi) is 6.63. The van der Waals surface area contributed by atoms with Crippen molar-refractivity contribution in [1.82, 2.24) is 9.62 Å². The number of carbonyl (C=O) groups excluding carboxylic acids is 1. The molecule has 1 fully saturated rings. The molecule has 8 heteroatoms. The highest BCUT2D eigenvalue weighted by atomic mass is 32.2. The number of nitrogens with one attached hydrogen (secondary N) is 1. The van der Waals surface area contributed by atoms with Crippen molar-refractivity contribution in [2.24, 2.45) is 5.92 Å². The fraction of sp³-hybridized carbons (Fsp3) is 0.280. The van der Waals surface area contributed by atoms with Crippen molar-refractivity contribution in [1.29, 1.82) is 5.26 Å². The summed E-state index contributed by atoms with van der Waals surface area (Å²) in [6.45, 7) is 0.908. The largest absolute Gasteiger partial charge is 0.497 e. The SMILES string of the molecule is COc1ccc2cc(CNC(=O)C3CCN(S(=O)(=O)c4ccccc4C#N)CC3)ccc2c1. The zero-order valence-electron chi connectivity index (χ0n) is 18.3. The van der Waals surface area contributed by atoms with E-state index in [9.17, 15) is 18.5 Å². The van der Waals surface area contributed by atoms with Crippen LogP contribution in [0, 0.1) is 17.2 Å². The van der Waals surface area contributed by atoms with Crippen LogP contribution >= 0.6 is 0 Å². The molecule has 1 heterocycles. The topological polar surface area (TPSA) is 99.5 Å². The Balaban J connectivity index is 1.35. The van der Waals surface area contributed by atoms with Gasteiger partial charge in [0.05, 0.1) is 17.6 Å². The van der Waals surface area contributed by atoms with Gasteiger partial charge in [0.2, 0.25) is 15.9 Å². The normalized spacial score (nSPS) is 15.2. The van der Waals surface area contributed by atoms with Gasteiger partial charge in [0.25, 0.3) is 0 Å². The van der Waals surface area contributed by atoms with Gasteiger partial charge in [-0.2, -0.15) is 9.57 Å². The van der Waals surface area contributed by atoms with Crippen molar-refractivity contribution in [2.45, 2.75) is 24.3 Å². The number of amides is 1. The molecule has 1 amide bonds. The van der Waals surface area contributed by atoms with Crippen LogP contribution in [-0.4, -0.2) is 38.8 Å². The summed E-state index contributed by atoms with van der Waals surface area (Å²) in [6, 6.07) is 20.0. The maximum atomic E-state index is 13.0. The summed E-state index contributed by atoms with van der Waals surface area (Å²) in [5, 5.41) is 14.4. The molecule has 1 N–H and O–H groups in total. The predicted octanol–water partition coefficient (Wildman–Crippen LogP) is 3.44. The number of hydrogen-bond acceptors (Lipinski definition) is 5. The summed E-state index contributed by atoms with van der Waals surface area (Å²) in [6.07, 6.45) is 0.884. The van der Waals surface area contributed by atoms with Crippen LogP contribution in [0.25, 0.3) is 10.8 Å². The predicted molar refractivity (Wildman–Crippen MR) is 125 cm³/mol. The second-order valence-corrected chi connectivity index (χ2v) is 9.96. The maximum Gasteiger partial charge on any atom is 0.244 e. The van der Waals surface area contributed by atoms with E-state index in [0.717, 1.165) is 22.1 Å². The lowest BCUT2D eigenvalue weighted by molar-refractivity contribution is -0.126. The number of rotatable bonds is 6. The van der Waals surface area contributed by atoms with Gasteiger partial charge in [0.15, 0.2) is 0 Å². The number of hydrogen-bond donors (Lipinski definition) is 1. The van der Waals surface area contributed by atoms with E-state index in [2.05, 4.69) is 5.32 Å². The van der Waals surface area contributed by atoms with E-state index in [0.29, 0.717) is 19.4 Å². The van der Waals surface area contributed by atoms with Crippen molar-refractivity contribution >= 4 is 26.7 Å². The van der Waals surface area contributed by atoms with Crippen LogP contribution in [0.1, 0.15) is 24.0 Å². The Morgan fingerprint density at radius 3 is 2.52 bits per heavy atom. The molecule has 7 nitrogen and oxygen atoms in total. The van der Waals surface area contributed by atoms with Gasteiger partial charge in [-0.25, -0.2) is 8.42 Å². The summed E-state index contributed by atoms with van der Waals surface area (Å²) >= 11 is 0. The lowest BCUT2D eigenvalue weighted by Gasteiger charge is -2.30. The Hall–Kier alpha value is -3.41. The first-order chi connectivity index (χ1) is 15.9. The molecule has 1 aliphatic heterocycles. The fourth-order valence-electron chi connectivity index (χ4n) is 4.13. The molecule has 0 spiro atoms. The number of methoxy groups -OCH3 is 1. The number of ether oxygens (including phenoxy) is 1. The van der Waals surface area contributed by atoms with E-state index < -0.39 is 10.0 Å². The number of sulfonamides is 1. The number of benzene rings is 3. The first-order valence-electron chi connectivity index (χ1n) is 10.8. The minimum Gasteiger partial charge on any atom is -0.497 e. The molecular formula is C25H25N3O4S. The van der Waals surface area contributed by atoms with Crippen LogP contribution in [0.5, 0.6) is 5.75 Å². The third-order valence-corrected chi connectivity index (χ3v) is 7.99. The van der Waals surface area contributed by atoms with Crippen LogP contribution in [0.3, 0.4) is 0 Å². The molecule has 0 bridgehead atoms. The fourth-order valence-corrected chi connectivity index (χ4v) is 5.74. The summed E-state index contributed by atoms with van der Waals surface area (Å²) in [5.41, 5.74) is 1.13. The number of piperidine rings is 1. The molecular weight excluding hydrogens is 438 g/mol. The molecule has 0 radical (unpaired) electrons. The number of nitrogens with zero attached hydrogens (tertiary/aromatic N) is 2. The van der Waals surface area contributed by atoms with E-state index in [1.165, 1.54) is 16.4 Å². The van der Waals surface area contributed by atoms with Crippen LogP contribution in [0.15, 0.2) is 65.6 Å². The Labute approximate surface area is 193 Å². The zero-order valence-corrected chi connectivity index (χ0v) is 19.1. The lowest BCUT2D eigenvalue weighted by atomic mass is 9.97. The van der Waals surface area contributed by atoms with Gasteiger partial charge >= 0.3 is 0 Å². The van der Waals surface area contributed by atoms with Crippen molar-refractivity contribution < 1.29 is 17.9 Å². The summed E-state index contributed by atoms with van der Waals surface area (Å²) in [7, 11) is -2.13. The van der Waals surface area contributed by atoms with E-state index in [1.807, 2.05) is 42.5 Å². The molecule has 3 aromatic rings. The smallest absolute Gasteiger partial charge is 0.244 e. The summed E-state index contributed by atoms with van der Waals surface area (Å²) in [4.78, 5) is 12.7. The standard InChI is InChI=1S/C25H25N3O4S/c1-32-23-9-8-20-14-18(6-7-21(20)15-23)17-27-25(29)19-10-12-28(13-11-19)33(30,31)24-5-3-2-4-22(24)16-26/h2-9,14-15,19H,10-13,17H2,1H3,(H,27,29). The third kappa shape index (κ3) is 4.85. The highest BCUT2D eigenvalue weighted by molar-refractivity contribution is 7.89. The summed E-state index contributed by atoms with van der Waals surface area (Å²) in [5.74, 6) is 0.486. The number of nitriles is 1. The Morgan fingerprint density at radius 2 is 1.79 bits per heavy atom. The first-order valence-corrected chi connectivity index (χ1v) is 12.2. The number of fused-ring (bicyclic) bond motifs is 1. The van der Waals surface area contributed by atoms with Crippen LogP contribution < -0.4 is 10.1 Å². The molecule has 0 unspecified atom stereocenters. The van der Waals surface area contributed by atoms with Crippen molar-refractivity contribution in [3.63, 3.8) is 0 Å². The Bertz CT molecular complexity index is 1320. The van der Waals surface area contributed by atoms with Gasteiger partial charge < -0.3 is 10.1 Å². The van der Waals surface area contributed by atoms with Crippen molar-refractivity contribution in [2.75, 3.05) is 20.2 Å². The minimum absolute atomic E-state index is 0.0179. The van der Waals surface area contributed by atoms with Crippen molar-refractivity contribution in [3.8, 4) is 11.8 Å². The molecule has 0 atom stereocenters. The molecule has 170 valence electrons. The van der Waals surface area contributed by atoms with E-state index >= 15 is 0 Å². The highest BCUT2D eigenvalue weighted by Crippen LogP contribution is 2.26. The molecule has 0 saturated carbocycles. The van der Waals surface area contributed by atoms with Gasteiger partial charge in [-0.1, -0.05) is 30.3 Å². The third-order valence-electron chi connectivity index (χ3n) is 6.03. The molecule has 33 heavy (non-hydrogen) atoms. The van der Waals surface area contributed by atoms with Gasteiger partial charge in [-0.05, 0) is 59.5 Å². The van der Waals surface area contributed by atoms with Gasteiger partial charge in [-0.3, -0.25) is 4.79 Å². The average Bonchev–Trinajstić information content (AvgIpc) is 2.86. The lowest BCUT2D eigenvalue weighted by Crippen LogP contribution is -2.43. The van der Waals surface area contributed by atoms with E-state index in [4.69, 9.17) is 4.74 Å². The quantitative estimate of drug-likeness (QED) is 0.604. The van der Waals surface area contributed by atoms with E-state index in [-0.39, 0.29) is 35.4 Å². The van der Waals surface area contributed by atoms with Crippen molar-refractivity contribution in [3.05, 3.63) is 71.8 Å². The number of carbonyl (C=O) groups is 1. The van der Waals surface area contributed by atoms with E-state index in [1.54, 1.807) is 19.2 Å². The highest BCUT2D eigenvalue weighted by Gasteiger charge is 2.33. The molecule has 4 rings (SSSR count). The van der Waals surface area contributed by atoms with Gasteiger partial charge in [-0.15, -0.1) is 0 Å². The summed E-state index contributed by atoms with van der Waals surface area (Å²) < 4.78 is 32.6. The van der Waals surface area contributed by atoms with Gasteiger partial charge in [0, 0.05) is 25.6 Å².